The lowest BCUT2D eigenvalue weighted by atomic mass is 9.88. The zero-order valence-electron chi connectivity index (χ0n) is 12.7. The fourth-order valence-corrected chi connectivity index (χ4v) is 2.36. The lowest BCUT2D eigenvalue weighted by Crippen LogP contribution is -2.16. The molecule has 0 N–H and O–H groups in total. The molecule has 0 amide bonds. The Morgan fingerprint density at radius 2 is 1.76 bits per heavy atom. The van der Waals surface area contributed by atoms with Crippen molar-refractivity contribution < 1.29 is 4.74 Å². The van der Waals surface area contributed by atoms with Crippen LogP contribution in [0, 0.1) is 0 Å². The molecule has 5 heteroatoms. The van der Waals surface area contributed by atoms with E-state index in [0.717, 1.165) is 22.2 Å². The van der Waals surface area contributed by atoms with Gasteiger partial charge in [-0.2, -0.15) is 10.2 Å². The summed E-state index contributed by atoms with van der Waals surface area (Å²) in [6.45, 7) is 6.46. The van der Waals surface area contributed by atoms with Crippen LogP contribution in [0.4, 0.5) is 0 Å². The van der Waals surface area contributed by atoms with Crippen LogP contribution in [0.1, 0.15) is 26.5 Å². The first-order valence-electron chi connectivity index (χ1n) is 6.85. The molecule has 0 saturated carbocycles. The van der Waals surface area contributed by atoms with E-state index in [1.54, 1.807) is 19.5 Å². The van der Waals surface area contributed by atoms with Gasteiger partial charge in [-0.1, -0.05) is 20.8 Å². The van der Waals surface area contributed by atoms with Gasteiger partial charge in [0.1, 0.15) is 5.75 Å². The van der Waals surface area contributed by atoms with Gasteiger partial charge in [-0.3, -0.25) is 0 Å². The molecule has 21 heavy (non-hydrogen) atoms. The molecule has 2 heterocycles. The summed E-state index contributed by atoms with van der Waals surface area (Å²) < 4.78 is 5.32. The summed E-state index contributed by atoms with van der Waals surface area (Å²) in [5, 5.41) is 10.5. The summed E-state index contributed by atoms with van der Waals surface area (Å²) in [4.78, 5) is 6.30. The second kappa shape index (κ2) is 4.84. The molecule has 3 rings (SSSR count). The number of aromatic nitrogens is 4. The Balaban J connectivity index is 2.32. The van der Waals surface area contributed by atoms with E-state index in [4.69, 9.17) is 9.72 Å². The topological polar surface area (TPSA) is 52.8 Å². The summed E-state index contributed by atoms with van der Waals surface area (Å²) in [5.41, 5.74) is 0.950. The fraction of sp³-hybridized carbons (Fsp3) is 0.312. The highest BCUT2D eigenvalue weighted by atomic mass is 16.5. The molecule has 0 saturated heterocycles. The van der Waals surface area contributed by atoms with Crippen molar-refractivity contribution in [2.24, 2.45) is 0 Å². The van der Waals surface area contributed by atoms with Gasteiger partial charge in [-0.05, 0) is 29.7 Å². The maximum Gasteiger partial charge on any atom is 0.175 e. The minimum atomic E-state index is -0.0734. The first-order chi connectivity index (χ1) is 9.99. The first kappa shape index (κ1) is 13.5. The van der Waals surface area contributed by atoms with Gasteiger partial charge in [0.2, 0.25) is 0 Å². The molecule has 0 atom stereocenters. The van der Waals surface area contributed by atoms with Crippen LogP contribution < -0.4 is 4.74 Å². The van der Waals surface area contributed by atoms with E-state index < -0.39 is 0 Å². The van der Waals surface area contributed by atoms with E-state index in [1.807, 2.05) is 18.2 Å². The number of methoxy groups -OCH3 is 1. The molecule has 0 radical (unpaired) electrons. The van der Waals surface area contributed by atoms with Crippen LogP contribution in [0.25, 0.3) is 16.6 Å². The van der Waals surface area contributed by atoms with Gasteiger partial charge < -0.3 is 4.74 Å². The molecular formula is C16H18N4O. The quantitative estimate of drug-likeness (QED) is 0.724. The summed E-state index contributed by atoms with van der Waals surface area (Å²) in [6, 6.07) is 8.01. The predicted octanol–water partition coefficient (Wildman–Crippen LogP) is 3.12. The van der Waals surface area contributed by atoms with Gasteiger partial charge in [0.15, 0.2) is 5.82 Å². The Kier molecular flexibility index (Phi) is 3.12. The molecule has 5 nitrogen and oxygen atoms in total. The normalized spacial score (nSPS) is 11.8. The molecule has 0 aliphatic heterocycles. The van der Waals surface area contributed by atoms with Crippen LogP contribution >= 0.6 is 0 Å². The lowest BCUT2D eigenvalue weighted by Gasteiger charge is -2.21. The third-order valence-corrected chi connectivity index (χ3v) is 3.36. The third-order valence-electron chi connectivity index (χ3n) is 3.36. The Morgan fingerprint density at radius 3 is 2.38 bits per heavy atom. The van der Waals surface area contributed by atoms with Crippen molar-refractivity contribution in [3.8, 4) is 11.6 Å². The van der Waals surface area contributed by atoms with Crippen LogP contribution in [0.15, 0.2) is 36.7 Å². The van der Waals surface area contributed by atoms with Crippen LogP contribution in [-0.4, -0.2) is 27.1 Å². The Labute approximate surface area is 123 Å². The molecule has 2 aromatic heterocycles. The van der Waals surface area contributed by atoms with Crippen LogP contribution in [-0.2, 0) is 5.41 Å². The number of rotatable bonds is 2. The number of nitrogens with zero attached hydrogens (tertiary/aromatic N) is 4. The number of fused-ring (bicyclic) bond motifs is 1. The standard InChI is InChI=1S/C16H18N4O/c1-16(2,3)15-13-6-5-12(21-4)9-11(13)10-14(19-15)20-17-7-8-18-20/h5-10H,1-4H3. The number of hydrogen-bond donors (Lipinski definition) is 0. The molecule has 0 aliphatic rings. The van der Waals surface area contributed by atoms with Crippen molar-refractivity contribution in [3.63, 3.8) is 0 Å². The maximum absolute atomic E-state index is 5.32. The minimum Gasteiger partial charge on any atom is -0.497 e. The highest BCUT2D eigenvalue weighted by Crippen LogP contribution is 2.31. The molecule has 3 aromatic rings. The number of benzene rings is 1. The van der Waals surface area contributed by atoms with E-state index >= 15 is 0 Å². The molecule has 0 unspecified atom stereocenters. The van der Waals surface area contributed by atoms with Crippen LogP contribution in [0.3, 0.4) is 0 Å². The largest absolute Gasteiger partial charge is 0.497 e. The van der Waals surface area contributed by atoms with Gasteiger partial charge in [-0.25, -0.2) is 4.98 Å². The maximum atomic E-state index is 5.32. The Morgan fingerprint density at radius 1 is 1.05 bits per heavy atom. The molecule has 0 aliphatic carbocycles. The molecular weight excluding hydrogens is 264 g/mol. The molecule has 0 spiro atoms. The summed E-state index contributed by atoms with van der Waals surface area (Å²) in [5.74, 6) is 1.54. The number of hydrogen-bond acceptors (Lipinski definition) is 4. The van der Waals surface area contributed by atoms with Crippen molar-refractivity contribution >= 4 is 10.8 Å². The second-order valence-corrected chi connectivity index (χ2v) is 5.98. The predicted molar refractivity (Wildman–Crippen MR) is 81.9 cm³/mol. The summed E-state index contributed by atoms with van der Waals surface area (Å²) in [7, 11) is 1.67. The summed E-state index contributed by atoms with van der Waals surface area (Å²) in [6.07, 6.45) is 3.29. The van der Waals surface area contributed by atoms with Gasteiger partial charge in [0, 0.05) is 10.8 Å². The average molecular weight is 282 g/mol. The number of ether oxygens (including phenoxy) is 1. The molecule has 1 aromatic carbocycles. The van der Waals surface area contributed by atoms with Gasteiger partial charge in [-0.15, -0.1) is 4.80 Å². The highest BCUT2D eigenvalue weighted by Gasteiger charge is 2.20. The van der Waals surface area contributed by atoms with Crippen molar-refractivity contribution in [1.82, 2.24) is 20.0 Å². The van der Waals surface area contributed by atoms with E-state index in [1.165, 1.54) is 4.80 Å². The van der Waals surface area contributed by atoms with E-state index in [-0.39, 0.29) is 5.41 Å². The molecule has 0 bridgehead atoms. The van der Waals surface area contributed by atoms with Gasteiger partial charge in [0.05, 0.1) is 25.2 Å². The lowest BCUT2D eigenvalue weighted by molar-refractivity contribution is 0.415. The fourth-order valence-electron chi connectivity index (χ4n) is 2.36. The first-order valence-corrected chi connectivity index (χ1v) is 6.85. The van der Waals surface area contributed by atoms with Crippen molar-refractivity contribution in [1.29, 1.82) is 0 Å². The number of pyridine rings is 1. The SMILES string of the molecule is COc1ccc2c(C(C)(C)C)nc(-n3nccn3)cc2c1. The van der Waals surface area contributed by atoms with Crippen molar-refractivity contribution in [2.75, 3.05) is 7.11 Å². The van der Waals surface area contributed by atoms with E-state index in [0.29, 0.717) is 5.82 Å². The Hall–Kier alpha value is -2.43. The molecule has 0 fully saturated rings. The zero-order chi connectivity index (χ0) is 15.0. The monoisotopic (exact) mass is 282 g/mol. The minimum absolute atomic E-state index is 0.0734. The second-order valence-electron chi connectivity index (χ2n) is 5.98. The smallest absolute Gasteiger partial charge is 0.175 e. The van der Waals surface area contributed by atoms with Crippen molar-refractivity contribution in [2.45, 2.75) is 26.2 Å². The zero-order valence-corrected chi connectivity index (χ0v) is 12.7. The van der Waals surface area contributed by atoms with Crippen LogP contribution in [0.2, 0.25) is 0 Å². The third kappa shape index (κ3) is 2.46. The van der Waals surface area contributed by atoms with Gasteiger partial charge in [0.25, 0.3) is 0 Å². The highest BCUT2D eigenvalue weighted by molar-refractivity contribution is 5.87. The summed E-state index contributed by atoms with van der Waals surface area (Å²) >= 11 is 0. The van der Waals surface area contributed by atoms with Gasteiger partial charge >= 0.3 is 0 Å². The van der Waals surface area contributed by atoms with Crippen molar-refractivity contribution in [3.05, 3.63) is 42.4 Å². The van der Waals surface area contributed by atoms with E-state index in [2.05, 4.69) is 37.0 Å². The Bertz CT molecular complexity index is 773. The average Bonchev–Trinajstić information content (AvgIpc) is 2.98. The molecule has 108 valence electrons. The van der Waals surface area contributed by atoms with Crippen LogP contribution in [0.5, 0.6) is 5.75 Å². The van der Waals surface area contributed by atoms with E-state index in [9.17, 15) is 0 Å².